The van der Waals surface area contributed by atoms with Crippen molar-refractivity contribution in [2.45, 2.75) is 69.4 Å². The summed E-state index contributed by atoms with van der Waals surface area (Å²) in [7, 11) is -3.51. The van der Waals surface area contributed by atoms with E-state index in [1.54, 1.807) is 25.1 Å². The Labute approximate surface area is 127 Å². The van der Waals surface area contributed by atoms with E-state index >= 15 is 0 Å². The molecule has 4 nitrogen and oxygen atoms in total. The highest BCUT2D eigenvalue weighted by Gasteiger charge is 2.22. The average Bonchev–Trinajstić information content (AvgIpc) is 2.42. The summed E-state index contributed by atoms with van der Waals surface area (Å²) >= 11 is 0. The van der Waals surface area contributed by atoms with Crippen LogP contribution < -0.4 is 4.72 Å². The molecule has 0 spiro atoms. The minimum Gasteiger partial charge on any atom is -0.392 e. The molecule has 21 heavy (non-hydrogen) atoms. The second-order valence-electron chi connectivity index (χ2n) is 5.92. The van der Waals surface area contributed by atoms with E-state index in [0.717, 1.165) is 25.7 Å². The summed E-state index contributed by atoms with van der Waals surface area (Å²) in [5, 5.41) is 9.19. The molecular formula is C16H25NO3S. The Hall–Kier alpha value is -0.910. The lowest BCUT2D eigenvalue weighted by Gasteiger charge is -2.21. The van der Waals surface area contributed by atoms with Crippen LogP contribution in [0.4, 0.5) is 0 Å². The zero-order valence-electron chi connectivity index (χ0n) is 12.6. The molecule has 0 aromatic heterocycles. The van der Waals surface area contributed by atoms with Crippen molar-refractivity contribution in [3.63, 3.8) is 0 Å². The number of aliphatic hydroxyl groups is 1. The van der Waals surface area contributed by atoms with E-state index in [1.165, 1.54) is 19.3 Å². The Kier molecular flexibility index (Phi) is 5.79. The molecule has 0 radical (unpaired) electrons. The van der Waals surface area contributed by atoms with Crippen molar-refractivity contribution in [3.05, 3.63) is 29.3 Å². The summed E-state index contributed by atoms with van der Waals surface area (Å²) < 4.78 is 28.1. The number of aryl methyl sites for hydroxylation is 1. The predicted molar refractivity (Wildman–Crippen MR) is 83.5 cm³/mol. The second-order valence-corrected chi connectivity index (χ2v) is 7.60. The minimum absolute atomic E-state index is 0.0347. The average molecular weight is 311 g/mol. The molecule has 1 aliphatic carbocycles. The molecule has 0 amide bonds. The molecule has 1 aromatic carbocycles. The minimum atomic E-state index is -3.51. The van der Waals surface area contributed by atoms with Crippen LogP contribution in [-0.2, 0) is 16.6 Å². The van der Waals surface area contributed by atoms with Gasteiger partial charge in [-0.2, -0.15) is 0 Å². The van der Waals surface area contributed by atoms with Gasteiger partial charge in [-0.1, -0.05) is 44.2 Å². The fourth-order valence-electron chi connectivity index (χ4n) is 2.89. The standard InChI is InChI=1S/C16H25NO3S/c1-13-9-10-14(12-18)11-16(13)21(19,20)17-15-7-5-3-2-4-6-8-15/h9-11,15,17-18H,2-8,12H2,1H3. The number of sulfonamides is 1. The number of hydrogen-bond donors (Lipinski definition) is 2. The SMILES string of the molecule is Cc1ccc(CO)cc1S(=O)(=O)NC1CCCCCCC1. The topological polar surface area (TPSA) is 66.4 Å². The normalized spacial score (nSPS) is 18.2. The van der Waals surface area contributed by atoms with Gasteiger partial charge in [0.2, 0.25) is 10.0 Å². The largest absolute Gasteiger partial charge is 0.392 e. The fourth-order valence-corrected chi connectivity index (χ4v) is 4.49. The predicted octanol–water partition coefficient (Wildman–Crippen LogP) is 2.88. The zero-order chi connectivity index (χ0) is 15.3. The van der Waals surface area contributed by atoms with E-state index in [2.05, 4.69) is 4.72 Å². The third kappa shape index (κ3) is 4.53. The van der Waals surface area contributed by atoms with Crippen LogP contribution in [0.3, 0.4) is 0 Å². The van der Waals surface area contributed by atoms with Gasteiger partial charge in [-0.15, -0.1) is 0 Å². The van der Waals surface area contributed by atoms with Crippen molar-refractivity contribution >= 4 is 10.0 Å². The fraction of sp³-hybridized carbons (Fsp3) is 0.625. The van der Waals surface area contributed by atoms with Crippen molar-refractivity contribution < 1.29 is 13.5 Å². The van der Waals surface area contributed by atoms with Gasteiger partial charge in [-0.05, 0) is 37.0 Å². The van der Waals surface area contributed by atoms with Gasteiger partial charge in [-0.3, -0.25) is 0 Å². The number of nitrogens with one attached hydrogen (secondary N) is 1. The molecule has 0 bridgehead atoms. The highest BCUT2D eigenvalue weighted by molar-refractivity contribution is 7.89. The van der Waals surface area contributed by atoms with E-state index in [1.807, 2.05) is 0 Å². The number of hydrogen-bond acceptors (Lipinski definition) is 3. The summed E-state index contributed by atoms with van der Waals surface area (Å²) in [6.07, 6.45) is 7.65. The van der Waals surface area contributed by atoms with E-state index in [9.17, 15) is 13.5 Å². The van der Waals surface area contributed by atoms with Crippen molar-refractivity contribution in [1.29, 1.82) is 0 Å². The van der Waals surface area contributed by atoms with Crippen LogP contribution in [0.5, 0.6) is 0 Å². The van der Waals surface area contributed by atoms with Crippen LogP contribution in [0.1, 0.15) is 56.1 Å². The van der Waals surface area contributed by atoms with Crippen LogP contribution in [-0.4, -0.2) is 19.6 Å². The molecule has 1 saturated carbocycles. The van der Waals surface area contributed by atoms with E-state index in [0.29, 0.717) is 11.1 Å². The molecule has 0 saturated heterocycles. The van der Waals surface area contributed by atoms with Crippen molar-refractivity contribution in [2.75, 3.05) is 0 Å². The molecule has 0 heterocycles. The summed E-state index contributed by atoms with van der Waals surface area (Å²) in [5.74, 6) is 0. The zero-order valence-corrected chi connectivity index (χ0v) is 13.5. The third-order valence-electron chi connectivity index (χ3n) is 4.15. The van der Waals surface area contributed by atoms with Gasteiger partial charge in [0.25, 0.3) is 0 Å². The molecule has 1 fully saturated rings. The number of rotatable bonds is 4. The quantitative estimate of drug-likeness (QED) is 0.898. The molecule has 0 atom stereocenters. The van der Waals surface area contributed by atoms with Gasteiger partial charge >= 0.3 is 0 Å². The highest BCUT2D eigenvalue weighted by atomic mass is 32.2. The Morgan fingerprint density at radius 1 is 1.14 bits per heavy atom. The first kappa shape index (κ1) is 16.5. The molecule has 1 aliphatic rings. The third-order valence-corrected chi connectivity index (χ3v) is 5.81. The first-order valence-electron chi connectivity index (χ1n) is 7.75. The van der Waals surface area contributed by atoms with Crippen molar-refractivity contribution in [3.8, 4) is 0 Å². The monoisotopic (exact) mass is 311 g/mol. The van der Waals surface area contributed by atoms with Crippen LogP contribution >= 0.6 is 0 Å². The van der Waals surface area contributed by atoms with Gasteiger partial charge < -0.3 is 5.11 Å². The van der Waals surface area contributed by atoms with E-state index in [-0.39, 0.29) is 17.5 Å². The van der Waals surface area contributed by atoms with E-state index < -0.39 is 10.0 Å². The smallest absolute Gasteiger partial charge is 0.241 e. The molecule has 2 N–H and O–H groups in total. The van der Waals surface area contributed by atoms with Crippen molar-refractivity contribution in [1.82, 2.24) is 4.72 Å². The lowest BCUT2D eigenvalue weighted by atomic mass is 9.97. The van der Waals surface area contributed by atoms with Gasteiger partial charge in [-0.25, -0.2) is 13.1 Å². The Morgan fingerprint density at radius 2 is 1.76 bits per heavy atom. The molecule has 2 rings (SSSR count). The van der Waals surface area contributed by atoms with E-state index in [4.69, 9.17) is 0 Å². The first-order chi connectivity index (χ1) is 10.0. The maximum atomic E-state index is 12.6. The maximum absolute atomic E-state index is 12.6. The van der Waals surface area contributed by atoms with Gasteiger partial charge in [0.1, 0.15) is 0 Å². The van der Waals surface area contributed by atoms with Gasteiger partial charge in [0.15, 0.2) is 0 Å². The second kappa shape index (κ2) is 7.38. The lowest BCUT2D eigenvalue weighted by molar-refractivity contribution is 0.281. The molecular weight excluding hydrogens is 286 g/mol. The molecule has 1 aromatic rings. The molecule has 0 unspecified atom stereocenters. The van der Waals surface area contributed by atoms with Crippen LogP contribution in [0.15, 0.2) is 23.1 Å². The molecule has 0 aliphatic heterocycles. The first-order valence-corrected chi connectivity index (χ1v) is 9.24. The lowest BCUT2D eigenvalue weighted by Crippen LogP contribution is -2.35. The summed E-state index contributed by atoms with van der Waals surface area (Å²) in [6.45, 7) is 1.64. The Morgan fingerprint density at radius 3 is 2.38 bits per heavy atom. The summed E-state index contributed by atoms with van der Waals surface area (Å²) in [6, 6.07) is 5.11. The summed E-state index contributed by atoms with van der Waals surface area (Å²) in [5.41, 5.74) is 1.34. The molecule has 118 valence electrons. The maximum Gasteiger partial charge on any atom is 0.241 e. The Balaban J connectivity index is 2.17. The number of benzene rings is 1. The Bertz CT molecular complexity index is 561. The summed E-state index contributed by atoms with van der Waals surface area (Å²) in [4.78, 5) is 0.288. The number of aliphatic hydroxyl groups excluding tert-OH is 1. The van der Waals surface area contributed by atoms with Gasteiger partial charge in [0, 0.05) is 6.04 Å². The van der Waals surface area contributed by atoms with Crippen LogP contribution in [0, 0.1) is 6.92 Å². The highest BCUT2D eigenvalue weighted by Crippen LogP contribution is 2.21. The molecule has 5 heteroatoms. The van der Waals surface area contributed by atoms with Crippen molar-refractivity contribution in [2.24, 2.45) is 0 Å². The van der Waals surface area contributed by atoms with Crippen LogP contribution in [0.25, 0.3) is 0 Å². The van der Waals surface area contributed by atoms with Crippen LogP contribution in [0.2, 0.25) is 0 Å². The van der Waals surface area contributed by atoms with Gasteiger partial charge in [0.05, 0.1) is 11.5 Å².